The Labute approximate surface area is 98.4 Å². The van der Waals surface area contributed by atoms with Crippen molar-refractivity contribution in [1.29, 1.82) is 0 Å². The molecule has 2 heteroatoms. The van der Waals surface area contributed by atoms with Crippen molar-refractivity contribution in [3.63, 3.8) is 0 Å². The molecule has 2 nitrogen and oxygen atoms in total. The lowest BCUT2D eigenvalue weighted by atomic mass is 9.99. The Kier molecular flexibility index (Phi) is 4.37. The van der Waals surface area contributed by atoms with Crippen LogP contribution in [0.1, 0.15) is 31.4 Å². The maximum Gasteiger partial charge on any atom is 0.0291 e. The SMILES string of the molecule is C[C@H](NCC1CCCNC1)c1ccccc1. The number of hydrogen-bond acceptors (Lipinski definition) is 2. The van der Waals surface area contributed by atoms with Gasteiger partial charge in [0, 0.05) is 6.04 Å². The van der Waals surface area contributed by atoms with Gasteiger partial charge in [0.1, 0.15) is 0 Å². The molecule has 1 aliphatic rings. The van der Waals surface area contributed by atoms with Crippen LogP contribution < -0.4 is 10.6 Å². The minimum atomic E-state index is 0.461. The van der Waals surface area contributed by atoms with Crippen molar-refractivity contribution in [3.05, 3.63) is 35.9 Å². The topological polar surface area (TPSA) is 24.1 Å². The van der Waals surface area contributed by atoms with Gasteiger partial charge in [-0.25, -0.2) is 0 Å². The molecule has 1 aliphatic heterocycles. The zero-order valence-corrected chi connectivity index (χ0v) is 10.1. The zero-order chi connectivity index (χ0) is 11.2. The zero-order valence-electron chi connectivity index (χ0n) is 10.1. The third-order valence-electron chi connectivity index (χ3n) is 3.41. The van der Waals surface area contributed by atoms with Gasteiger partial charge >= 0.3 is 0 Å². The summed E-state index contributed by atoms with van der Waals surface area (Å²) in [7, 11) is 0. The van der Waals surface area contributed by atoms with Gasteiger partial charge in [-0.05, 0) is 50.9 Å². The Hall–Kier alpha value is -0.860. The average Bonchev–Trinajstić information content (AvgIpc) is 2.38. The Morgan fingerprint density at radius 1 is 1.38 bits per heavy atom. The number of nitrogens with one attached hydrogen (secondary N) is 2. The summed E-state index contributed by atoms with van der Waals surface area (Å²) >= 11 is 0. The molecule has 88 valence electrons. The van der Waals surface area contributed by atoms with Gasteiger partial charge in [0.25, 0.3) is 0 Å². The molecule has 0 spiro atoms. The fourth-order valence-electron chi connectivity index (χ4n) is 2.30. The molecule has 2 atom stereocenters. The third-order valence-corrected chi connectivity index (χ3v) is 3.41. The summed E-state index contributed by atoms with van der Waals surface area (Å²) in [6.45, 7) is 5.74. The van der Waals surface area contributed by atoms with Crippen LogP contribution in [-0.4, -0.2) is 19.6 Å². The van der Waals surface area contributed by atoms with Gasteiger partial charge in [-0.15, -0.1) is 0 Å². The molecule has 1 heterocycles. The molecular formula is C14H22N2. The fourth-order valence-corrected chi connectivity index (χ4v) is 2.30. The summed E-state index contributed by atoms with van der Waals surface area (Å²) < 4.78 is 0. The van der Waals surface area contributed by atoms with Crippen LogP contribution in [0, 0.1) is 5.92 Å². The summed E-state index contributed by atoms with van der Waals surface area (Å²) in [5, 5.41) is 7.09. The van der Waals surface area contributed by atoms with Crippen molar-refractivity contribution in [2.75, 3.05) is 19.6 Å². The highest BCUT2D eigenvalue weighted by Gasteiger charge is 2.13. The van der Waals surface area contributed by atoms with Gasteiger partial charge < -0.3 is 10.6 Å². The highest BCUT2D eigenvalue weighted by molar-refractivity contribution is 5.17. The molecule has 2 rings (SSSR count). The summed E-state index contributed by atoms with van der Waals surface area (Å²) in [5.41, 5.74) is 1.38. The molecule has 0 bridgehead atoms. The smallest absolute Gasteiger partial charge is 0.0291 e. The molecule has 0 aromatic heterocycles. The predicted octanol–water partition coefficient (Wildman–Crippen LogP) is 2.34. The van der Waals surface area contributed by atoms with E-state index in [1.807, 2.05) is 0 Å². The average molecular weight is 218 g/mol. The van der Waals surface area contributed by atoms with Gasteiger partial charge in [-0.3, -0.25) is 0 Å². The van der Waals surface area contributed by atoms with Gasteiger partial charge in [0.15, 0.2) is 0 Å². The van der Waals surface area contributed by atoms with E-state index in [-0.39, 0.29) is 0 Å². The first-order valence-electron chi connectivity index (χ1n) is 6.35. The van der Waals surface area contributed by atoms with E-state index in [4.69, 9.17) is 0 Å². The van der Waals surface area contributed by atoms with E-state index < -0.39 is 0 Å². The summed E-state index contributed by atoms with van der Waals surface area (Å²) in [4.78, 5) is 0. The lowest BCUT2D eigenvalue weighted by Crippen LogP contribution is -2.36. The van der Waals surface area contributed by atoms with Crippen LogP contribution in [0.25, 0.3) is 0 Å². The first kappa shape index (κ1) is 11.6. The molecular weight excluding hydrogens is 196 g/mol. The largest absolute Gasteiger partial charge is 0.316 e. The fraction of sp³-hybridized carbons (Fsp3) is 0.571. The quantitative estimate of drug-likeness (QED) is 0.810. The van der Waals surface area contributed by atoms with Crippen LogP contribution in [0.5, 0.6) is 0 Å². The van der Waals surface area contributed by atoms with Crippen molar-refractivity contribution >= 4 is 0 Å². The van der Waals surface area contributed by atoms with E-state index in [2.05, 4.69) is 47.9 Å². The second-order valence-corrected chi connectivity index (χ2v) is 4.75. The van der Waals surface area contributed by atoms with E-state index >= 15 is 0 Å². The molecule has 16 heavy (non-hydrogen) atoms. The molecule has 0 saturated carbocycles. The van der Waals surface area contributed by atoms with Gasteiger partial charge in [0.2, 0.25) is 0 Å². The standard InChI is InChI=1S/C14H22N2/c1-12(14-7-3-2-4-8-14)16-11-13-6-5-9-15-10-13/h2-4,7-8,12-13,15-16H,5-6,9-11H2,1H3/t12-,13?/m0/s1. The molecule has 1 fully saturated rings. The molecule has 1 saturated heterocycles. The van der Waals surface area contributed by atoms with Crippen molar-refractivity contribution < 1.29 is 0 Å². The highest BCUT2D eigenvalue weighted by Crippen LogP contribution is 2.14. The van der Waals surface area contributed by atoms with E-state index in [0.29, 0.717) is 6.04 Å². The lowest BCUT2D eigenvalue weighted by molar-refractivity contribution is 0.348. The number of benzene rings is 1. The van der Waals surface area contributed by atoms with E-state index in [0.717, 1.165) is 12.5 Å². The molecule has 0 aliphatic carbocycles. The number of rotatable bonds is 4. The second kappa shape index (κ2) is 6.02. The maximum atomic E-state index is 3.63. The van der Waals surface area contributed by atoms with Crippen molar-refractivity contribution in [1.82, 2.24) is 10.6 Å². The Bertz CT molecular complexity index is 291. The predicted molar refractivity (Wildman–Crippen MR) is 68.5 cm³/mol. The van der Waals surface area contributed by atoms with Crippen LogP contribution in [0.4, 0.5) is 0 Å². The van der Waals surface area contributed by atoms with Crippen molar-refractivity contribution in [2.45, 2.75) is 25.8 Å². The molecule has 0 radical (unpaired) electrons. The van der Waals surface area contributed by atoms with Crippen molar-refractivity contribution in [3.8, 4) is 0 Å². The molecule has 1 aromatic carbocycles. The Morgan fingerprint density at radius 2 is 2.19 bits per heavy atom. The van der Waals surface area contributed by atoms with Crippen LogP contribution in [0.15, 0.2) is 30.3 Å². The Morgan fingerprint density at radius 3 is 2.88 bits per heavy atom. The third kappa shape index (κ3) is 3.32. The van der Waals surface area contributed by atoms with E-state index in [9.17, 15) is 0 Å². The number of piperidine rings is 1. The summed E-state index contributed by atoms with van der Waals surface area (Å²) in [5.74, 6) is 0.805. The van der Waals surface area contributed by atoms with Crippen LogP contribution in [0.3, 0.4) is 0 Å². The molecule has 1 unspecified atom stereocenters. The number of hydrogen-bond donors (Lipinski definition) is 2. The van der Waals surface area contributed by atoms with Gasteiger partial charge in [0.05, 0.1) is 0 Å². The summed E-state index contributed by atoms with van der Waals surface area (Å²) in [6, 6.07) is 11.1. The lowest BCUT2D eigenvalue weighted by Gasteiger charge is -2.25. The highest BCUT2D eigenvalue weighted by atomic mass is 14.9. The van der Waals surface area contributed by atoms with Gasteiger partial charge in [-0.1, -0.05) is 30.3 Å². The normalized spacial score (nSPS) is 22.9. The monoisotopic (exact) mass is 218 g/mol. The minimum absolute atomic E-state index is 0.461. The maximum absolute atomic E-state index is 3.63. The first-order valence-corrected chi connectivity index (χ1v) is 6.35. The van der Waals surface area contributed by atoms with E-state index in [1.54, 1.807) is 0 Å². The van der Waals surface area contributed by atoms with Crippen LogP contribution in [-0.2, 0) is 0 Å². The second-order valence-electron chi connectivity index (χ2n) is 4.75. The summed E-state index contributed by atoms with van der Waals surface area (Å²) in [6.07, 6.45) is 2.69. The molecule has 2 N–H and O–H groups in total. The van der Waals surface area contributed by atoms with Crippen LogP contribution >= 0.6 is 0 Å². The Balaban J connectivity index is 1.77. The van der Waals surface area contributed by atoms with Crippen molar-refractivity contribution in [2.24, 2.45) is 5.92 Å². The van der Waals surface area contributed by atoms with E-state index in [1.165, 1.54) is 31.5 Å². The van der Waals surface area contributed by atoms with Gasteiger partial charge in [-0.2, -0.15) is 0 Å². The molecule has 1 aromatic rings. The minimum Gasteiger partial charge on any atom is -0.316 e. The molecule has 0 amide bonds. The first-order chi connectivity index (χ1) is 7.86. The van der Waals surface area contributed by atoms with Crippen LogP contribution in [0.2, 0.25) is 0 Å².